The van der Waals surface area contributed by atoms with Crippen LogP contribution in [0, 0.1) is 11.8 Å². The second kappa shape index (κ2) is 8.97. The van der Waals surface area contributed by atoms with Gasteiger partial charge in [-0.2, -0.15) is 0 Å². The zero-order chi connectivity index (χ0) is 26.8. The van der Waals surface area contributed by atoms with Crippen LogP contribution in [0.1, 0.15) is 53.6 Å². The van der Waals surface area contributed by atoms with Crippen molar-refractivity contribution in [3.05, 3.63) is 51.5 Å². The molecule has 7 N–H and O–H groups in total. The standard InChI is InChI=1S/C27H33N3O7/c1-30(2)21-16-10-13-9-15-12(11-29-14-5-3-4-6-14)7-8-17(31)19(15)22(32)18(13)24(34)27(16,37)25(35)20(23(21)33)26(28)36/h7-8,13-14,16,21,29,31,33-34,37H,3-6,9-11H2,1-2H3,(H2,28,36)/t13-,16-,21?,27-/m0/s1. The van der Waals surface area contributed by atoms with Crippen LogP contribution in [-0.2, 0) is 22.6 Å². The van der Waals surface area contributed by atoms with E-state index in [-0.39, 0.29) is 23.3 Å². The molecular formula is C27H33N3O7. The number of aliphatic hydroxyl groups excluding tert-OH is 2. The number of hydrogen-bond donors (Lipinski definition) is 6. The number of aliphatic hydroxyl groups is 3. The summed E-state index contributed by atoms with van der Waals surface area (Å²) < 4.78 is 0. The molecule has 1 saturated carbocycles. The van der Waals surface area contributed by atoms with Crippen LogP contribution in [-0.4, -0.2) is 74.6 Å². The molecule has 1 aromatic rings. The number of nitrogens with two attached hydrogens (primary N) is 1. The number of likely N-dealkylation sites (N-methyl/N-ethyl adjacent to an activating group) is 1. The molecule has 4 aliphatic rings. The first-order valence-corrected chi connectivity index (χ1v) is 12.7. The quantitative estimate of drug-likeness (QED) is 0.317. The number of Topliss-reactive ketones (excluding diaryl/α,β-unsaturated/α-hetero) is 2. The van der Waals surface area contributed by atoms with Gasteiger partial charge in [0.05, 0.1) is 11.6 Å². The topological polar surface area (TPSA) is 173 Å². The maximum atomic E-state index is 13.7. The summed E-state index contributed by atoms with van der Waals surface area (Å²) in [5, 5.41) is 48.0. The molecule has 0 radical (unpaired) electrons. The number of allylic oxidation sites excluding steroid dienone is 1. The SMILES string of the molecule is CN(C)C1C(O)=C(C(N)=O)C(=O)[C@@]2(O)C(O)=C3C(=O)c4c(O)ccc(CNC5CCCC5)c4C[C@H]3C[C@@H]12. The van der Waals surface area contributed by atoms with Gasteiger partial charge < -0.3 is 31.5 Å². The van der Waals surface area contributed by atoms with Gasteiger partial charge in [-0.15, -0.1) is 0 Å². The Bertz CT molecular complexity index is 1260. The van der Waals surface area contributed by atoms with E-state index in [0.717, 1.165) is 18.4 Å². The van der Waals surface area contributed by atoms with Crippen LogP contribution < -0.4 is 11.1 Å². The van der Waals surface area contributed by atoms with E-state index in [4.69, 9.17) is 5.73 Å². The number of ketones is 2. The lowest BCUT2D eigenvalue weighted by Gasteiger charge is -2.50. The number of aromatic hydroxyl groups is 1. The lowest BCUT2D eigenvalue weighted by atomic mass is 9.58. The van der Waals surface area contributed by atoms with Crippen LogP contribution >= 0.6 is 0 Å². The van der Waals surface area contributed by atoms with E-state index in [2.05, 4.69) is 5.32 Å². The molecule has 10 nitrogen and oxygen atoms in total. The fraction of sp³-hybridized carbons (Fsp3) is 0.519. The van der Waals surface area contributed by atoms with Crippen LogP contribution in [0.25, 0.3) is 0 Å². The number of amides is 1. The van der Waals surface area contributed by atoms with Gasteiger partial charge in [-0.05, 0) is 62.9 Å². The number of carbonyl (C=O) groups excluding carboxylic acids is 3. The zero-order valence-corrected chi connectivity index (χ0v) is 21.0. The van der Waals surface area contributed by atoms with Gasteiger partial charge >= 0.3 is 0 Å². The van der Waals surface area contributed by atoms with Gasteiger partial charge in [0.15, 0.2) is 11.4 Å². The molecule has 1 unspecified atom stereocenters. The minimum atomic E-state index is -2.62. The molecule has 198 valence electrons. The first-order valence-electron chi connectivity index (χ1n) is 12.7. The molecule has 1 amide bonds. The molecule has 0 bridgehead atoms. The van der Waals surface area contributed by atoms with Crippen LogP contribution in [0.15, 0.2) is 34.8 Å². The molecule has 10 heteroatoms. The van der Waals surface area contributed by atoms with E-state index in [9.17, 15) is 34.8 Å². The minimum Gasteiger partial charge on any atom is -0.510 e. The average molecular weight is 512 g/mol. The maximum absolute atomic E-state index is 13.7. The molecular weight excluding hydrogens is 478 g/mol. The summed E-state index contributed by atoms with van der Waals surface area (Å²) in [5.41, 5.74) is 3.37. The number of nitrogens with zero attached hydrogens (tertiary/aromatic N) is 1. The van der Waals surface area contributed by atoms with Gasteiger partial charge in [-0.3, -0.25) is 19.3 Å². The summed E-state index contributed by atoms with van der Waals surface area (Å²) in [6.45, 7) is 0.524. The number of nitrogens with one attached hydrogen (secondary N) is 1. The number of benzene rings is 1. The molecule has 4 aliphatic carbocycles. The van der Waals surface area contributed by atoms with Gasteiger partial charge in [0.1, 0.15) is 22.8 Å². The van der Waals surface area contributed by atoms with Crippen LogP contribution in [0.5, 0.6) is 5.75 Å². The Morgan fingerprint density at radius 1 is 1.16 bits per heavy atom. The third-order valence-electron chi connectivity index (χ3n) is 8.64. The van der Waals surface area contributed by atoms with E-state index >= 15 is 0 Å². The van der Waals surface area contributed by atoms with Gasteiger partial charge in [0.2, 0.25) is 5.78 Å². The van der Waals surface area contributed by atoms with Crippen molar-refractivity contribution in [2.45, 2.75) is 62.8 Å². The highest BCUT2D eigenvalue weighted by molar-refractivity contribution is 6.24. The molecule has 1 fully saturated rings. The summed E-state index contributed by atoms with van der Waals surface area (Å²) >= 11 is 0. The second-order valence-corrected chi connectivity index (χ2v) is 10.9. The maximum Gasteiger partial charge on any atom is 0.255 e. The fourth-order valence-electron chi connectivity index (χ4n) is 6.86. The fourth-order valence-corrected chi connectivity index (χ4v) is 6.86. The highest BCUT2D eigenvalue weighted by Gasteiger charge is 2.63. The smallest absolute Gasteiger partial charge is 0.255 e. The van der Waals surface area contributed by atoms with Crippen molar-refractivity contribution in [2.24, 2.45) is 17.6 Å². The molecule has 37 heavy (non-hydrogen) atoms. The number of fused-ring (bicyclic) bond motifs is 3. The van der Waals surface area contributed by atoms with Gasteiger partial charge in [-0.1, -0.05) is 18.9 Å². The van der Waals surface area contributed by atoms with Gasteiger partial charge in [0, 0.05) is 24.1 Å². The number of rotatable bonds is 5. The zero-order valence-electron chi connectivity index (χ0n) is 21.0. The lowest BCUT2D eigenvalue weighted by Crippen LogP contribution is -2.63. The van der Waals surface area contributed by atoms with E-state index in [1.807, 2.05) is 0 Å². The summed E-state index contributed by atoms with van der Waals surface area (Å²) in [6.07, 6.45) is 4.91. The number of phenols is 1. The van der Waals surface area contributed by atoms with Crippen molar-refractivity contribution in [3.8, 4) is 5.75 Å². The third-order valence-corrected chi connectivity index (χ3v) is 8.64. The number of primary amides is 1. The van der Waals surface area contributed by atoms with Crippen molar-refractivity contribution in [1.29, 1.82) is 0 Å². The van der Waals surface area contributed by atoms with E-state index in [0.29, 0.717) is 24.6 Å². The van der Waals surface area contributed by atoms with E-state index in [1.165, 1.54) is 18.9 Å². The monoisotopic (exact) mass is 511 g/mol. The summed E-state index contributed by atoms with van der Waals surface area (Å²) in [4.78, 5) is 40.7. The van der Waals surface area contributed by atoms with Gasteiger partial charge in [-0.25, -0.2) is 0 Å². The Labute approximate surface area is 214 Å². The normalized spacial score (nSPS) is 30.0. The number of carbonyl (C=O) groups is 3. The molecule has 1 aromatic carbocycles. The van der Waals surface area contributed by atoms with Crippen molar-refractivity contribution in [3.63, 3.8) is 0 Å². The third kappa shape index (κ3) is 3.69. The molecule has 0 heterocycles. The molecule has 4 atom stereocenters. The lowest BCUT2D eigenvalue weighted by molar-refractivity contribution is -0.148. The minimum absolute atomic E-state index is 0.0477. The Morgan fingerprint density at radius 2 is 1.84 bits per heavy atom. The predicted molar refractivity (Wildman–Crippen MR) is 133 cm³/mol. The van der Waals surface area contributed by atoms with Crippen molar-refractivity contribution >= 4 is 17.5 Å². The molecule has 5 rings (SSSR count). The Kier molecular flexibility index (Phi) is 6.17. The van der Waals surface area contributed by atoms with Crippen LogP contribution in [0.4, 0.5) is 0 Å². The second-order valence-electron chi connectivity index (χ2n) is 10.9. The van der Waals surface area contributed by atoms with Crippen molar-refractivity contribution in [1.82, 2.24) is 10.2 Å². The van der Waals surface area contributed by atoms with Crippen molar-refractivity contribution in [2.75, 3.05) is 14.1 Å². The average Bonchev–Trinajstić information content (AvgIpc) is 3.34. The molecule has 0 spiro atoms. The summed E-state index contributed by atoms with van der Waals surface area (Å²) in [5.74, 6) is -6.40. The highest BCUT2D eigenvalue weighted by Crippen LogP contribution is 2.52. The number of phenolic OH excluding ortho intramolecular Hbond substituents is 1. The number of hydrogen-bond acceptors (Lipinski definition) is 9. The Balaban J connectivity index is 1.61. The van der Waals surface area contributed by atoms with E-state index in [1.54, 1.807) is 25.1 Å². The molecule has 0 saturated heterocycles. The highest BCUT2D eigenvalue weighted by atomic mass is 16.3. The predicted octanol–water partition coefficient (Wildman–Crippen LogP) is 1.15. The largest absolute Gasteiger partial charge is 0.510 e. The first-order chi connectivity index (χ1) is 17.5. The molecule has 0 aromatic heterocycles. The van der Waals surface area contributed by atoms with Crippen LogP contribution in [0.2, 0.25) is 0 Å². The van der Waals surface area contributed by atoms with Crippen LogP contribution in [0.3, 0.4) is 0 Å². The van der Waals surface area contributed by atoms with Gasteiger partial charge in [0.25, 0.3) is 5.91 Å². The van der Waals surface area contributed by atoms with E-state index < -0.39 is 58.0 Å². The van der Waals surface area contributed by atoms with Crippen molar-refractivity contribution < 1.29 is 34.8 Å². The molecule has 0 aliphatic heterocycles. The Morgan fingerprint density at radius 3 is 2.46 bits per heavy atom. The summed E-state index contributed by atoms with van der Waals surface area (Å²) in [6, 6.07) is 2.63. The first kappa shape index (κ1) is 25.4. The Hall–Kier alpha value is -3.21. The summed E-state index contributed by atoms with van der Waals surface area (Å²) in [7, 11) is 3.22.